The molecule has 0 aromatic heterocycles. The third-order valence-corrected chi connectivity index (χ3v) is 1.94. The average Bonchev–Trinajstić information content (AvgIpc) is 2.25. The van der Waals surface area contributed by atoms with Crippen molar-refractivity contribution in [3.63, 3.8) is 0 Å². The highest BCUT2D eigenvalue weighted by Gasteiger charge is 2.08. The van der Waals surface area contributed by atoms with E-state index in [1.807, 2.05) is 0 Å². The van der Waals surface area contributed by atoms with Gasteiger partial charge in [0.2, 0.25) is 0 Å². The average molecular weight is 228 g/mol. The zero-order valence-electron chi connectivity index (χ0n) is 8.14. The minimum absolute atomic E-state index is 0.00331. The van der Waals surface area contributed by atoms with Crippen LogP contribution < -0.4 is 4.74 Å². The lowest BCUT2D eigenvalue weighted by molar-refractivity contribution is -0.384. The maximum absolute atomic E-state index is 10.6. The summed E-state index contributed by atoms with van der Waals surface area (Å²) in [7, 11) is 1.47. The Balaban J connectivity index is 3.11. The van der Waals surface area contributed by atoms with Gasteiger partial charge in [0.05, 0.1) is 18.1 Å². The summed E-state index contributed by atoms with van der Waals surface area (Å²) in [6.07, 6.45) is 3.42. The van der Waals surface area contributed by atoms with Crippen LogP contribution in [0.2, 0.25) is 0 Å². The first kappa shape index (κ1) is 11.5. The smallest absolute Gasteiger partial charge is 0.273 e. The number of hydrogen-bond donors (Lipinski definition) is 0. The first-order valence-corrected chi connectivity index (χ1v) is 4.77. The van der Waals surface area contributed by atoms with Gasteiger partial charge in [-0.3, -0.25) is 10.1 Å². The quantitative estimate of drug-likeness (QED) is 0.452. The van der Waals surface area contributed by atoms with E-state index < -0.39 is 4.92 Å². The Morgan fingerprint density at radius 1 is 1.53 bits per heavy atom. The maximum atomic E-state index is 10.6. The van der Waals surface area contributed by atoms with E-state index in [0.717, 1.165) is 0 Å². The molecule has 15 heavy (non-hydrogen) atoms. The normalized spacial score (nSPS) is 10.5. The number of ether oxygens (including phenoxy) is 1. The van der Waals surface area contributed by atoms with Gasteiger partial charge in [-0.25, -0.2) is 0 Å². The Labute approximate surface area is 92.3 Å². The summed E-state index contributed by atoms with van der Waals surface area (Å²) in [6, 6.07) is 4.54. The number of halogens is 1. The molecule has 0 heterocycles. The molecule has 0 fully saturated rings. The first-order chi connectivity index (χ1) is 7.17. The van der Waals surface area contributed by atoms with Crippen molar-refractivity contribution in [2.45, 2.75) is 0 Å². The van der Waals surface area contributed by atoms with E-state index in [4.69, 9.17) is 16.3 Å². The molecule has 0 atom stereocenters. The minimum atomic E-state index is -0.458. The van der Waals surface area contributed by atoms with Crippen molar-refractivity contribution in [3.8, 4) is 5.75 Å². The third kappa shape index (κ3) is 3.25. The fourth-order valence-corrected chi connectivity index (χ4v) is 1.19. The SMILES string of the molecule is COc1cc(C=CCCl)cc([N+](=O)[O-])c1. The van der Waals surface area contributed by atoms with E-state index >= 15 is 0 Å². The molecule has 0 N–H and O–H groups in total. The highest BCUT2D eigenvalue weighted by atomic mass is 35.5. The monoisotopic (exact) mass is 227 g/mol. The molecular weight excluding hydrogens is 218 g/mol. The molecule has 80 valence electrons. The van der Waals surface area contributed by atoms with Crippen molar-refractivity contribution < 1.29 is 9.66 Å². The Hall–Kier alpha value is -1.55. The lowest BCUT2D eigenvalue weighted by Crippen LogP contribution is -1.91. The van der Waals surface area contributed by atoms with Gasteiger partial charge in [0.15, 0.2) is 0 Å². The molecule has 0 saturated heterocycles. The van der Waals surface area contributed by atoms with Crippen molar-refractivity contribution in [1.82, 2.24) is 0 Å². The van der Waals surface area contributed by atoms with Crippen molar-refractivity contribution in [2.24, 2.45) is 0 Å². The van der Waals surface area contributed by atoms with Crippen molar-refractivity contribution >= 4 is 23.4 Å². The summed E-state index contributed by atoms with van der Waals surface area (Å²) in [5.74, 6) is 0.823. The lowest BCUT2D eigenvalue weighted by atomic mass is 10.2. The van der Waals surface area contributed by atoms with Crippen LogP contribution in [0.4, 0.5) is 5.69 Å². The molecule has 1 aromatic carbocycles. The highest BCUT2D eigenvalue weighted by molar-refractivity contribution is 6.19. The fraction of sp³-hybridized carbons (Fsp3) is 0.200. The molecule has 1 aromatic rings. The Kier molecular flexibility index (Phi) is 4.12. The molecule has 0 aliphatic rings. The predicted molar refractivity (Wildman–Crippen MR) is 59.4 cm³/mol. The van der Waals surface area contributed by atoms with E-state index in [1.54, 1.807) is 18.2 Å². The number of alkyl halides is 1. The standard InChI is InChI=1S/C10H10ClNO3/c1-15-10-6-8(3-2-4-11)5-9(7-10)12(13)14/h2-3,5-7H,4H2,1H3. The van der Waals surface area contributed by atoms with Crippen molar-refractivity contribution in [3.05, 3.63) is 40.0 Å². The van der Waals surface area contributed by atoms with Crippen LogP contribution in [-0.4, -0.2) is 17.9 Å². The van der Waals surface area contributed by atoms with E-state index in [2.05, 4.69) is 0 Å². The molecule has 0 saturated carbocycles. The number of nitro groups is 1. The second-order valence-corrected chi connectivity index (χ2v) is 3.09. The van der Waals surface area contributed by atoms with E-state index in [0.29, 0.717) is 17.2 Å². The molecule has 0 amide bonds. The third-order valence-electron chi connectivity index (χ3n) is 1.76. The number of benzene rings is 1. The molecule has 0 bridgehead atoms. The fourth-order valence-electron chi connectivity index (χ4n) is 1.11. The van der Waals surface area contributed by atoms with Gasteiger partial charge in [-0.2, -0.15) is 0 Å². The first-order valence-electron chi connectivity index (χ1n) is 4.23. The molecule has 0 aliphatic heterocycles. The zero-order chi connectivity index (χ0) is 11.3. The van der Waals surface area contributed by atoms with Crippen molar-refractivity contribution in [1.29, 1.82) is 0 Å². The summed E-state index contributed by atoms with van der Waals surface area (Å²) >= 11 is 5.48. The van der Waals surface area contributed by atoms with Crippen LogP contribution in [0.25, 0.3) is 6.08 Å². The summed E-state index contributed by atoms with van der Waals surface area (Å²) in [4.78, 5) is 10.1. The Morgan fingerprint density at radius 2 is 2.27 bits per heavy atom. The highest BCUT2D eigenvalue weighted by Crippen LogP contribution is 2.23. The molecule has 5 heteroatoms. The number of allylic oxidation sites excluding steroid dienone is 1. The largest absolute Gasteiger partial charge is 0.496 e. The van der Waals surface area contributed by atoms with Gasteiger partial charge in [0.25, 0.3) is 5.69 Å². The van der Waals surface area contributed by atoms with E-state index in [1.165, 1.54) is 19.2 Å². The van der Waals surface area contributed by atoms with Gasteiger partial charge in [0.1, 0.15) is 5.75 Å². The van der Waals surface area contributed by atoms with Crippen LogP contribution in [-0.2, 0) is 0 Å². The van der Waals surface area contributed by atoms with Gasteiger partial charge < -0.3 is 4.74 Å². The summed E-state index contributed by atoms with van der Waals surface area (Å²) < 4.78 is 4.95. The topological polar surface area (TPSA) is 52.4 Å². The van der Waals surface area contributed by atoms with E-state index in [-0.39, 0.29) is 5.69 Å². The number of rotatable bonds is 4. The van der Waals surface area contributed by atoms with E-state index in [9.17, 15) is 10.1 Å². The van der Waals surface area contributed by atoms with Gasteiger partial charge >= 0.3 is 0 Å². The molecule has 0 spiro atoms. The maximum Gasteiger partial charge on any atom is 0.273 e. The van der Waals surface area contributed by atoms with Gasteiger partial charge in [-0.1, -0.05) is 12.2 Å². The van der Waals surface area contributed by atoms with Gasteiger partial charge in [-0.15, -0.1) is 11.6 Å². The summed E-state index contributed by atoms with van der Waals surface area (Å²) in [5, 5.41) is 10.6. The van der Waals surface area contributed by atoms with Crippen LogP contribution in [0.5, 0.6) is 5.75 Å². The number of methoxy groups -OCH3 is 1. The van der Waals surface area contributed by atoms with Crippen LogP contribution in [0, 0.1) is 10.1 Å². The number of nitrogens with zero attached hydrogens (tertiary/aromatic N) is 1. The number of nitro benzene ring substituents is 1. The lowest BCUT2D eigenvalue weighted by Gasteiger charge is -2.01. The molecule has 0 radical (unpaired) electrons. The van der Waals surface area contributed by atoms with Crippen LogP contribution in [0.15, 0.2) is 24.3 Å². The van der Waals surface area contributed by atoms with Crippen molar-refractivity contribution in [2.75, 3.05) is 13.0 Å². The molecule has 0 unspecified atom stereocenters. The Bertz CT molecular complexity index is 390. The summed E-state index contributed by atoms with van der Waals surface area (Å²) in [5.41, 5.74) is 0.699. The molecule has 0 aliphatic carbocycles. The summed E-state index contributed by atoms with van der Waals surface area (Å²) in [6.45, 7) is 0. The predicted octanol–water partition coefficient (Wildman–Crippen LogP) is 2.86. The second kappa shape index (κ2) is 5.36. The molecule has 4 nitrogen and oxygen atoms in total. The minimum Gasteiger partial charge on any atom is -0.496 e. The number of hydrogen-bond acceptors (Lipinski definition) is 3. The van der Waals surface area contributed by atoms with Crippen LogP contribution in [0.1, 0.15) is 5.56 Å². The van der Waals surface area contributed by atoms with Gasteiger partial charge in [-0.05, 0) is 11.6 Å². The second-order valence-electron chi connectivity index (χ2n) is 2.78. The van der Waals surface area contributed by atoms with Crippen LogP contribution in [0.3, 0.4) is 0 Å². The van der Waals surface area contributed by atoms with Gasteiger partial charge in [0, 0.05) is 11.9 Å². The number of non-ortho nitro benzene ring substituents is 1. The Morgan fingerprint density at radius 3 is 2.80 bits per heavy atom. The zero-order valence-corrected chi connectivity index (χ0v) is 8.90. The van der Waals surface area contributed by atoms with Crippen LogP contribution >= 0.6 is 11.6 Å². The molecule has 1 rings (SSSR count). The molecular formula is C10H10ClNO3.